The number of hydrogen-bond donors (Lipinski definition) is 3. The minimum absolute atomic E-state index is 0.00746. The van der Waals surface area contributed by atoms with E-state index in [4.69, 9.17) is 20.4 Å². The first kappa shape index (κ1) is 22.3. The number of carbonyl (C=O) groups is 1. The number of anilines is 3. The van der Waals surface area contributed by atoms with Crippen molar-refractivity contribution in [1.82, 2.24) is 14.9 Å². The summed E-state index contributed by atoms with van der Waals surface area (Å²) in [7, 11) is 0. The topological polar surface area (TPSA) is 105 Å². The van der Waals surface area contributed by atoms with Gasteiger partial charge >= 0.3 is 0 Å². The second-order valence-corrected chi connectivity index (χ2v) is 10.3. The van der Waals surface area contributed by atoms with Crippen LogP contribution in [0.2, 0.25) is 0 Å². The minimum atomic E-state index is -0.230. The lowest BCUT2D eigenvalue weighted by atomic mass is 9.88. The molecular weight excluding hydrogens is 440 g/mol. The number of amides is 1. The van der Waals surface area contributed by atoms with Crippen LogP contribution in [0.5, 0.6) is 5.75 Å². The van der Waals surface area contributed by atoms with E-state index in [0.717, 1.165) is 55.2 Å². The predicted molar refractivity (Wildman–Crippen MR) is 136 cm³/mol. The number of fused-ring (bicyclic) bond motifs is 3. The van der Waals surface area contributed by atoms with Crippen LogP contribution >= 0.6 is 0 Å². The maximum atomic E-state index is 12.2. The molecule has 8 heteroatoms. The van der Waals surface area contributed by atoms with Crippen LogP contribution in [-0.2, 0) is 17.6 Å². The van der Waals surface area contributed by atoms with E-state index < -0.39 is 0 Å². The molecule has 35 heavy (non-hydrogen) atoms. The Bertz CT molecular complexity index is 1110. The van der Waals surface area contributed by atoms with Crippen LogP contribution < -0.4 is 21.1 Å². The first-order valence-electron chi connectivity index (χ1n) is 13.0. The fraction of sp³-hybridized carbons (Fsp3) is 0.519. The third kappa shape index (κ3) is 4.59. The highest BCUT2D eigenvalue weighted by atomic mass is 16.5. The molecule has 0 spiro atoms. The van der Waals surface area contributed by atoms with Gasteiger partial charge in [-0.25, -0.2) is 4.98 Å². The van der Waals surface area contributed by atoms with Crippen molar-refractivity contribution < 1.29 is 9.53 Å². The number of nitrogens with zero attached hydrogens (tertiary/aromatic N) is 3. The van der Waals surface area contributed by atoms with Gasteiger partial charge in [-0.15, -0.1) is 0 Å². The van der Waals surface area contributed by atoms with Gasteiger partial charge in [-0.2, -0.15) is 4.98 Å². The Morgan fingerprint density at radius 1 is 1.06 bits per heavy atom. The molecule has 6 rings (SSSR count). The summed E-state index contributed by atoms with van der Waals surface area (Å²) in [6, 6.07) is 7.96. The molecule has 2 aromatic rings. The molecule has 4 unspecified atom stereocenters. The third-order valence-corrected chi connectivity index (χ3v) is 8.01. The monoisotopic (exact) mass is 474 g/mol. The summed E-state index contributed by atoms with van der Waals surface area (Å²) in [5.74, 6) is 2.42. The molecule has 1 aliphatic heterocycles. The predicted octanol–water partition coefficient (Wildman–Crippen LogP) is 3.27. The van der Waals surface area contributed by atoms with Gasteiger partial charge < -0.3 is 21.1 Å². The number of aryl methyl sites for hydroxylation is 1. The number of primary amides is 1. The SMILES string of the molecule is NC(=O)C1C2C=CC(C2)C1Nc1nc(Nc2ccc(OCCN3CCCC3)cc2)nc2c1CCC2. The molecule has 4 atom stereocenters. The number of rotatable bonds is 9. The van der Waals surface area contributed by atoms with Gasteiger partial charge in [-0.05, 0) is 87.7 Å². The summed E-state index contributed by atoms with van der Waals surface area (Å²) in [6.45, 7) is 4.06. The number of nitrogens with two attached hydrogens (primary N) is 1. The number of ether oxygens (including phenoxy) is 1. The van der Waals surface area contributed by atoms with Gasteiger partial charge in [0.2, 0.25) is 11.9 Å². The van der Waals surface area contributed by atoms with Gasteiger partial charge in [0.05, 0.1) is 11.6 Å². The van der Waals surface area contributed by atoms with Crippen LogP contribution in [0.25, 0.3) is 0 Å². The number of nitrogens with one attached hydrogen (secondary N) is 2. The number of benzene rings is 1. The molecule has 1 amide bonds. The Morgan fingerprint density at radius 3 is 2.66 bits per heavy atom. The number of allylic oxidation sites excluding steroid dienone is 1. The lowest BCUT2D eigenvalue weighted by molar-refractivity contribution is -0.122. The Kier molecular flexibility index (Phi) is 6.06. The number of hydrogen-bond acceptors (Lipinski definition) is 7. The summed E-state index contributed by atoms with van der Waals surface area (Å²) in [4.78, 5) is 24.3. The first-order chi connectivity index (χ1) is 17.1. The van der Waals surface area contributed by atoms with Crippen LogP contribution in [0.15, 0.2) is 36.4 Å². The molecular formula is C27H34N6O2. The maximum Gasteiger partial charge on any atom is 0.229 e. The average molecular weight is 475 g/mol. The average Bonchev–Trinajstić information content (AvgIpc) is 3.65. The zero-order valence-corrected chi connectivity index (χ0v) is 20.1. The molecule has 184 valence electrons. The standard InChI is InChI=1S/C27H34N6O2/c28-25(34)23-17-6-7-18(16-17)24(23)31-26-21-4-3-5-22(21)30-27(32-26)29-19-8-10-20(11-9-19)35-15-14-33-12-1-2-13-33/h6-11,17-18,23-24H,1-5,12-16H2,(H2,28,34)(H2,29,30,31,32). The van der Waals surface area contributed by atoms with E-state index >= 15 is 0 Å². The lowest BCUT2D eigenvalue weighted by Gasteiger charge is -2.28. The second-order valence-electron chi connectivity index (χ2n) is 10.3. The highest BCUT2D eigenvalue weighted by Crippen LogP contribution is 2.45. The minimum Gasteiger partial charge on any atom is -0.492 e. The smallest absolute Gasteiger partial charge is 0.229 e. The quantitative estimate of drug-likeness (QED) is 0.479. The van der Waals surface area contributed by atoms with Gasteiger partial charge in [0.25, 0.3) is 0 Å². The fourth-order valence-electron chi connectivity index (χ4n) is 6.23. The van der Waals surface area contributed by atoms with Crippen molar-refractivity contribution in [2.45, 2.75) is 44.6 Å². The van der Waals surface area contributed by atoms with Crippen LogP contribution in [0.4, 0.5) is 17.5 Å². The van der Waals surface area contributed by atoms with Crippen molar-refractivity contribution in [3.63, 3.8) is 0 Å². The third-order valence-electron chi connectivity index (χ3n) is 8.01. The van der Waals surface area contributed by atoms with Crippen molar-refractivity contribution in [2.75, 3.05) is 36.9 Å². The number of carbonyl (C=O) groups excluding carboxylic acids is 1. The Balaban J connectivity index is 1.14. The molecule has 4 N–H and O–H groups in total. The molecule has 2 fully saturated rings. The van der Waals surface area contributed by atoms with Gasteiger partial charge in [-0.3, -0.25) is 9.69 Å². The van der Waals surface area contributed by atoms with E-state index in [0.29, 0.717) is 18.5 Å². The van der Waals surface area contributed by atoms with E-state index in [2.05, 4.69) is 27.7 Å². The van der Waals surface area contributed by atoms with E-state index in [9.17, 15) is 4.79 Å². The van der Waals surface area contributed by atoms with Gasteiger partial charge in [0.15, 0.2) is 0 Å². The fourth-order valence-corrected chi connectivity index (χ4v) is 6.23. The van der Waals surface area contributed by atoms with Crippen LogP contribution in [0.3, 0.4) is 0 Å². The van der Waals surface area contributed by atoms with Gasteiger partial charge in [0.1, 0.15) is 18.2 Å². The largest absolute Gasteiger partial charge is 0.492 e. The summed E-state index contributed by atoms with van der Waals surface area (Å²) < 4.78 is 5.93. The molecule has 2 heterocycles. The molecule has 1 aromatic carbocycles. The van der Waals surface area contributed by atoms with E-state index in [1.165, 1.54) is 31.5 Å². The van der Waals surface area contributed by atoms with Crippen molar-refractivity contribution >= 4 is 23.4 Å². The molecule has 1 aromatic heterocycles. The Labute approximate surface area is 206 Å². The zero-order valence-electron chi connectivity index (χ0n) is 20.1. The van der Waals surface area contributed by atoms with Gasteiger partial charge in [0, 0.05) is 23.8 Å². The highest BCUT2D eigenvalue weighted by molar-refractivity contribution is 5.80. The normalized spacial score (nSPS) is 26.7. The molecule has 4 aliphatic rings. The summed E-state index contributed by atoms with van der Waals surface area (Å²) >= 11 is 0. The van der Waals surface area contributed by atoms with Crippen LogP contribution in [0.1, 0.15) is 36.9 Å². The summed E-state index contributed by atoms with van der Waals surface area (Å²) in [6.07, 6.45) is 10.9. The lowest BCUT2D eigenvalue weighted by Crippen LogP contribution is -2.41. The van der Waals surface area contributed by atoms with Crippen molar-refractivity contribution in [2.24, 2.45) is 23.5 Å². The maximum absolute atomic E-state index is 12.2. The van der Waals surface area contributed by atoms with Crippen molar-refractivity contribution in [3.8, 4) is 5.75 Å². The summed E-state index contributed by atoms with van der Waals surface area (Å²) in [5, 5.41) is 6.98. The van der Waals surface area contributed by atoms with Crippen molar-refractivity contribution in [3.05, 3.63) is 47.7 Å². The highest BCUT2D eigenvalue weighted by Gasteiger charge is 2.47. The van der Waals surface area contributed by atoms with E-state index in [1.807, 2.05) is 24.3 Å². The van der Waals surface area contributed by atoms with Crippen molar-refractivity contribution in [1.29, 1.82) is 0 Å². The molecule has 2 bridgehead atoms. The molecule has 8 nitrogen and oxygen atoms in total. The van der Waals surface area contributed by atoms with E-state index in [-0.39, 0.29) is 23.8 Å². The Hall–Kier alpha value is -3.13. The molecule has 3 aliphatic carbocycles. The molecule has 1 saturated heterocycles. The second kappa shape index (κ2) is 9.49. The zero-order chi connectivity index (χ0) is 23.8. The molecule has 1 saturated carbocycles. The molecule has 0 radical (unpaired) electrons. The summed E-state index contributed by atoms with van der Waals surface area (Å²) in [5.41, 5.74) is 8.95. The Morgan fingerprint density at radius 2 is 1.86 bits per heavy atom. The number of aromatic nitrogens is 2. The number of likely N-dealkylation sites (tertiary alicyclic amines) is 1. The van der Waals surface area contributed by atoms with E-state index in [1.54, 1.807) is 0 Å². The van der Waals surface area contributed by atoms with Crippen LogP contribution in [0, 0.1) is 17.8 Å². The van der Waals surface area contributed by atoms with Gasteiger partial charge in [-0.1, -0.05) is 12.2 Å². The van der Waals surface area contributed by atoms with Crippen LogP contribution in [-0.4, -0.2) is 53.1 Å². The first-order valence-corrected chi connectivity index (χ1v) is 13.0.